The number of carbonyl (C=O) groups is 6. The van der Waals surface area contributed by atoms with E-state index in [4.69, 9.17) is 5.73 Å². The number of rotatable bonds is 15. The number of amides is 5. The number of hydrogen-bond acceptors (Lipinski definition) is 8. The zero-order chi connectivity index (χ0) is 36.4. The second-order valence-corrected chi connectivity index (χ2v) is 13.4. The molecule has 5 atom stereocenters. The maximum absolute atomic E-state index is 13.8. The van der Waals surface area contributed by atoms with Gasteiger partial charge in [0.15, 0.2) is 0 Å². The molecule has 14 nitrogen and oxygen atoms in total. The van der Waals surface area contributed by atoms with Gasteiger partial charge < -0.3 is 41.7 Å². The van der Waals surface area contributed by atoms with Crippen LogP contribution in [0.5, 0.6) is 5.75 Å². The molecule has 4 rings (SSSR count). The first kappa shape index (κ1) is 37.8. The Morgan fingerprint density at radius 1 is 0.800 bits per heavy atom. The van der Waals surface area contributed by atoms with Crippen molar-refractivity contribution in [3.8, 4) is 5.75 Å². The monoisotopic (exact) mass is 692 g/mol. The number of phenols is 1. The largest absolute Gasteiger partial charge is 0.508 e. The molecule has 0 aliphatic carbocycles. The van der Waals surface area contributed by atoms with Crippen molar-refractivity contribution in [2.24, 2.45) is 11.7 Å². The van der Waals surface area contributed by atoms with Crippen LogP contribution in [0, 0.1) is 5.92 Å². The Morgan fingerprint density at radius 2 is 1.38 bits per heavy atom. The third kappa shape index (κ3) is 10.3. The SMILES string of the molecule is CC(C)C[C@H](NC(=O)[C@@H](N)Cc1ccc(O)cc1)C(=O)N1CCC[C@@H]1C(=O)NCC(=O)N[C@@H](Cc1ccccc1)C(=O)N1CCC[C@@H]1C(=O)O. The van der Waals surface area contributed by atoms with Crippen molar-refractivity contribution < 1.29 is 39.0 Å². The van der Waals surface area contributed by atoms with Crippen LogP contribution >= 0.6 is 0 Å². The average molecular weight is 693 g/mol. The number of aromatic hydroxyl groups is 1. The number of carboxylic acid groups (broad SMARTS) is 1. The van der Waals surface area contributed by atoms with Crippen molar-refractivity contribution in [3.05, 3.63) is 65.7 Å². The minimum Gasteiger partial charge on any atom is -0.508 e. The Bertz CT molecular complexity index is 1520. The van der Waals surface area contributed by atoms with E-state index >= 15 is 0 Å². The molecule has 0 bridgehead atoms. The van der Waals surface area contributed by atoms with Gasteiger partial charge in [-0.1, -0.05) is 56.3 Å². The number of carbonyl (C=O) groups excluding carboxylic acids is 5. The molecule has 2 heterocycles. The number of nitrogens with one attached hydrogen (secondary N) is 3. The topological polar surface area (TPSA) is 211 Å². The molecule has 7 N–H and O–H groups in total. The van der Waals surface area contributed by atoms with Crippen LogP contribution in [0.15, 0.2) is 54.6 Å². The second-order valence-electron chi connectivity index (χ2n) is 13.4. The zero-order valence-electron chi connectivity index (χ0n) is 28.5. The fourth-order valence-electron chi connectivity index (χ4n) is 6.52. The summed E-state index contributed by atoms with van der Waals surface area (Å²) in [7, 11) is 0. The van der Waals surface area contributed by atoms with E-state index < -0.39 is 72.3 Å². The van der Waals surface area contributed by atoms with Crippen LogP contribution in [0.3, 0.4) is 0 Å². The van der Waals surface area contributed by atoms with Crippen LogP contribution in [0.25, 0.3) is 0 Å². The molecule has 2 saturated heterocycles. The summed E-state index contributed by atoms with van der Waals surface area (Å²) in [6.45, 7) is 3.92. The van der Waals surface area contributed by atoms with Gasteiger partial charge in [0.2, 0.25) is 29.5 Å². The highest BCUT2D eigenvalue weighted by atomic mass is 16.4. The molecule has 2 aliphatic heterocycles. The molecule has 270 valence electrons. The Morgan fingerprint density at radius 3 is 2.00 bits per heavy atom. The maximum Gasteiger partial charge on any atom is 0.326 e. The Kier molecular flexibility index (Phi) is 13.3. The van der Waals surface area contributed by atoms with Gasteiger partial charge in [-0.15, -0.1) is 0 Å². The van der Waals surface area contributed by atoms with Crippen LogP contribution in [-0.2, 0) is 41.6 Å². The highest BCUT2D eigenvalue weighted by molar-refractivity contribution is 5.95. The molecule has 0 spiro atoms. The van der Waals surface area contributed by atoms with E-state index in [9.17, 15) is 39.0 Å². The molecule has 5 amide bonds. The van der Waals surface area contributed by atoms with Crippen molar-refractivity contribution in [2.75, 3.05) is 19.6 Å². The predicted molar refractivity (Wildman–Crippen MR) is 183 cm³/mol. The second kappa shape index (κ2) is 17.6. The van der Waals surface area contributed by atoms with Gasteiger partial charge in [-0.3, -0.25) is 24.0 Å². The highest BCUT2D eigenvalue weighted by Crippen LogP contribution is 2.22. The minimum absolute atomic E-state index is 0.0361. The van der Waals surface area contributed by atoms with Crippen molar-refractivity contribution >= 4 is 35.5 Å². The number of nitrogens with zero attached hydrogens (tertiary/aromatic N) is 2. The first-order valence-electron chi connectivity index (χ1n) is 17.1. The summed E-state index contributed by atoms with van der Waals surface area (Å²) < 4.78 is 0. The molecule has 2 aromatic carbocycles. The maximum atomic E-state index is 13.8. The van der Waals surface area contributed by atoms with E-state index in [1.165, 1.54) is 21.9 Å². The third-order valence-corrected chi connectivity index (χ3v) is 9.05. The Labute approximate surface area is 291 Å². The van der Waals surface area contributed by atoms with E-state index in [0.717, 1.165) is 11.1 Å². The summed E-state index contributed by atoms with van der Waals surface area (Å²) in [5.41, 5.74) is 7.68. The van der Waals surface area contributed by atoms with Gasteiger partial charge in [0.1, 0.15) is 29.9 Å². The van der Waals surface area contributed by atoms with Crippen molar-refractivity contribution in [2.45, 2.75) is 89.0 Å². The summed E-state index contributed by atoms with van der Waals surface area (Å²) in [5.74, 6) is -3.59. The zero-order valence-corrected chi connectivity index (χ0v) is 28.5. The van der Waals surface area contributed by atoms with Gasteiger partial charge in [0.05, 0.1) is 12.6 Å². The molecule has 0 radical (unpaired) electrons. The van der Waals surface area contributed by atoms with Gasteiger partial charge in [-0.2, -0.15) is 0 Å². The lowest BCUT2D eigenvalue weighted by molar-refractivity contribution is -0.149. The fraction of sp³-hybridized carbons (Fsp3) is 0.500. The third-order valence-electron chi connectivity index (χ3n) is 9.05. The summed E-state index contributed by atoms with van der Waals surface area (Å²) in [4.78, 5) is 81.3. The first-order chi connectivity index (χ1) is 23.8. The number of carboxylic acids is 1. The molecule has 2 fully saturated rings. The number of hydrogen-bond donors (Lipinski definition) is 6. The van der Waals surface area contributed by atoms with Crippen LogP contribution in [0.2, 0.25) is 0 Å². The minimum atomic E-state index is -1.10. The van der Waals surface area contributed by atoms with E-state index in [0.29, 0.717) is 38.6 Å². The highest BCUT2D eigenvalue weighted by Gasteiger charge is 2.40. The van der Waals surface area contributed by atoms with E-state index in [2.05, 4.69) is 16.0 Å². The summed E-state index contributed by atoms with van der Waals surface area (Å²) in [6, 6.07) is 10.6. The number of likely N-dealkylation sites (tertiary alicyclic amines) is 2. The number of benzene rings is 2. The quantitative estimate of drug-likeness (QED) is 0.155. The molecule has 0 unspecified atom stereocenters. The molecule has 0 aromatic heterocycles. The van der Waals surface area contributed by atoms with Gasteiger partial charge >= 0.3 is 5.97 Å². The predicted octanol–water partition coefficient (Wildman–Crippen LogP) is 0.703. The average Bonchev–Trinajstić information content (AvgIpc) is 3.78. The Hall–Kier alpha value is -4.98. The number of aliphatic carboxylic acids is 1. The number of phenolic OH excluding ortho intramolecular Hbond substituents is 1. The molecular weight excluding hydrogens is 644 g/mol. The van der Waals surface area contributed by atoms with Crippen LogP contribution in [0.4, 0.5) is 0 Å². The molecule has 14 heteroatoms. The van der Waals surface area contributed by atoms with Crippen LogP contribution < -0.4 is 21.7 Å². The number of nitrogens with two attached hydrogens (primary N) is 1. The van der Waals surface area contributed by atoms with Crippen LogP contribution in [0.1, 0.15) is 57.1 Å². The lowest BCUT2D eigenvalue weighted by Crippen LogP contribution is -2.57. The smallest absolute Gasteiger partial charge is 0.326 e. The van der Waals surface area contributed by atoms with Crippen molar-refractivity contribution in [1.82, 2.24) is 25.8 Å². The standard InChI is InChI=1S/C36H48N6O8/c1-22(2)18-27(40-32(45)26(37)19-24-12-14-25(43)15-13-24)34(47)41-16-6-10-29(41)33(46)38-21-31(44)39-28(20-23-8-4-3-5-9-23)35(48)42-17-7-11-30(42)36(49)50/h3-5,8-9,12-15,22,26-30,43H,6-7,10-11,16-21,37H2,1-2H3,(H,38,46)(H,39,44)(H,40,45)(H,49,50)/t26-,27-,28-,29+,30+/m0/s1. The normalized spacial score (nSPS) is 19.0. The molecule has 2 aromatic rings. The van der Waals surface area contributed by atoms with Gasteiger partial charge in [0, 0.05) is 19.5 Å². The van der Waals surface area contributed by atoms with Crippen LogP contribution in [-0.4, -0.2) is 105 Å². The summed E-state index contributed by atoms with van der Waals surface area (Å²) >= 11 is 0. The van der Waals surface area contributed by atoms with E-state index in [1.54, 1.807) is 36.4 Å². The first-order valence-corrected chi connectivity index (χ1v) is 17.1. The molecular formula is C36H48N6O8. The van der Waals surface area contributed by atoms with Gasteiger partial charge in [0.25, 0.3) is 0 Å². The van der Waals surface area contributed by atoms with Crippen molar-refractivity contribution in [3.63, 3.8) is 0 Å². The lowest BCUT2D eigenvalue weighted by atomic mass is 10.0. The molecule has 0 saturated carbocycles. The molecule has 50 heavy (non-hydrogen) atoms. The van der Waals surface area contributed by atoms with Gasteiger partial charge in [-0.05, 0) is 67.7 Å². The van der Waals surface area contributed by atoms with Gasteiger partial charge in [-0.25, -0.2) is 4.79 Å². The fourth-order valence-corrected chi connectivity index (χ4v) is 6.52. The summed E-state index contributed by atoms with van der Waals surface area (Å²) in [6.07, 6.45) is 2.43. The lowest BCUT2D eigenvalue weighted by Gasteiger charge is -2.30. The summed E-state index contributed by atoms with van der Waals surface area (Å²) in [5, 5.41) is 27.2. The Balaban J connectivity index is 1.37. The van der Waals surface area contributed by atoms with Crippen molar-refractivity contribution in [1.29, 1.82) is 0 Å². The molecule has 2 aliphatic rings. The van der Waals surface area contributed by atoms with E-state index in [1.807, 2.05) is 19.9 Å². The van der Waals surface area contributed by atoms with E-state index in [-0.39, 0.29) is 31.1 Å².